The number of furan rings is 2. The fourth-order valence-electron chi connectivity index (χ4n) is 5.10. The van der Waals surface area contributed by atoms with E-state index in [0.29, 0.717) is 5.92 Å². The van der Waals surface area contributed by atoms with Crippen molar-refractivity contribution in [3.63, 3.8) is 0 Å². The first kappa shape index (κ1) is 16.9. The van der Waals surface area contributed by atoms with Gasteiger partial charge in [-0.05, 0) is 36.6 Å². The van der Waals surface area contributed by atoms with Crippen molar-refractivity contribution in [2.45, 2.75) is 13.3 Å². The minimum atomic E-state index is 0.412. The van der Waals surface area contributed by atoms with Gasteiger partial charge in [0.1, 0.15) is 22.2 Å². The van der Waals surface area contributed by atoms with Crippen LogP contribution in [0.3, 0.4) is 0 Å². The summed E-state index contributed by atoms with van der Waals surface area (Å²) in [5.74, 6) is 0.412. The van der Waals surface area contributed by atoms with Gasteiger partial charge in [0.15, 0.2) is 0 Å². The lowest BCUT2D eigenvalue weighted by atomic mass is 9.90. The summed E-state index contributed by atoms with van der Waals surface area (Å²) in [4.78, 5) is 4.84. The van der Waals surface area contributed by atoms with Crippen LogP contribution in [0.25, 0.3) is 55.3 Å². The van der Waals surface area contributed by atoms with Gasteiger partial charge in [-0.3, -0.25) is 4.98 Å². The molecule has 0 amide bonds. The molecule has 3 nitrogen and oxygen atoms in total. The number of nitrogens with zero attached hydrogens (tertiary/aromatic N) is 1. The lowest BCUT2D eigenvalue weighted by Crippen LogP contribution is -2.29. The van der Waals surface area contributed by atoms with Crippen LogP contribution in [0.1, 0.15) is 19.0 Å². The highest BCUT2D eigenvalue weighted by molar-refractivity contribution is 6.16. The Morgan fingerprint density at radius 2 is 1.45 bits per heavy atom. The molecule has 0 N–H and O–H groups in total. The van der Waals surface area contributed by atoms with Crippen LogP contribution in [0.2, 0.25) is 0 Å². The van der Waals surface area contributed by atoms with E-state index in [0.717, 1.165) is 55.8 Å². The van der Waals surface area contributed by atoms with Crippen molar-refractivity contribution in [3.05, 3.63) is 89.3 Å². The van der Waals surface area contributed by atoms with E-state index in [1.807, 2.05) is 30.5 Å². The van der Waals surface area contributed by atoms with Gasteiger partial charge in [0, 0.05) is 43.9 Å². The Hall–Kier alpha value is -3.85. The highest BCUT2D eigenvalue weighted by Crippen LogP contribution is 2.36. The minimum Gasteiger partial charge on any atom is -0.456 e. The molecule has 3 aromatic heterocycles. The minimum absolute atomic E-state index is 0.412. The average Bonchev–Trinajstić information content (AvgIpc) is 3.37. The van der Waals surface area contributed by atoms with Gasteiger partial charge in [-0.2, -0.15) is 0 Å². The first-order valence-corrected chi connectivity index (χ1v) is 10.7. The first-order chi connectivity index (χ1) is 15.3. The van der Waals surface area contributed by atoms with E-state index in [1.54, 1.807) is 0 Å². The monoisotopic (exact) mass is 401 g/mol. The van der Waals surface area contributed by atoms with Crippen molar-refractivity contribution < 1.29 is 8.83 Å². The number of rotatable bonds is 1. The van der Waals surface area contributed by atoms with Crippen LogP contribution < -0.4 is 10.6 Å². The summed E-state index contributed by atoms with van der Waals surface area (Å²) >= 11 is 0. The second kappa shape index (κ2) is 6.08. The SMILES string of the molecule is CC1C=c2c(oc3ccccc23)=C(c2nccc3c2ccc2c4ccccc4oc32)C1. The summed E-state index contributed by atoms with van der Waals surface area (Å²) in [6, 6.07) is 22.9. The Morgan fingerprint density at radius 3 is 2.32 bits per heavy atom. The van der Waals surface area contributed by atoms with E-state index in [2.05, 4.69) is 55.5 Å². The Balaban J connectivity index is 1.61. The number of hydrogen-bond acceptors (Lipinski definition) is 3. The molecule has 0 aliphatic heterocycles. The van der Waals surface area contributed by atoms with Crippen LogP contribution in [-0.4, -0.2) is 4.98 Å². The molecule has 0 radical (unpaired) electrons. The van der Waals surface area contributed by atoms with Gasteiger partial charge in [-0.15, -0.1) is 0 Å². The molecule has 3 aromatic carbocycles. The van der Waals surface area contributed by atoms with E-state index < -0.39 is 0 Å². The zero-order valence-corrected chi connectivity index (χ0v) is 17.1. The van der Waals surface area contributed by atoms with Crippen molar-refractivity contribution in [1.82, 2.24) is 4.98 Å². The van der Waals surface area contributed by atoms with Gasteiger partial charge in [-0.1, -0.05) is 55.5 Å². The number of aromatic nitrogens is 1. The maximum atomic E-state index is 6.36. The standard InChI is InChI=1S/C28H19NO2/c1-16-14-22-18-7-3-5-9-25(18)31-28(22)23(15-16)26-19-10-11-20-17-6-2-4-8-24(17)30-27(20)21(19)12-13-29-26/h2-14,16H,15H2,1H3. The molecule has 1 aliphatic rings. The molecule has 1 unspecified atom stereocenters. The van der Waals surface area contributed by atoms with Gasteiger partial charge in [0.25, 0.3) is 0 Å². The number of pyridine rings is 1. The number of para-hydroxylation sites is 2. The molecule has 148 valence electrons. The van der Waals surface area contributed by atoms with Crippen LogP contribution in [0.5, 0.6) is 0 Å². The molecule has 0 fully saturated rings. The molecular formula is C28H19NO2. The maximum Gasteiger partial charge on any atom is 0.143 e. The first-order valence-electron chi connectivity index (χ1n) is 10.7. The molecule has 3 heterocycles. The van der Waals surface area contributed by atoms with Crippen LogP contribution in [0, 0.1) is 5.92 Å². The van der Waals surface area contributed by atoms with Crippen molar-refractivity contribution in [2.24, 2.45) is 5.92 Å². The summed E-state index contributed by atoms with van der Waals surface area (Å²) in [7, 11) is 0. The highest BCUT2D eigenvalue weighted by atomic mass is 16.3. The molecule has 1 aliphatic carbocycles. The summed E-state index contributed by atoms with van der Waals surface area (Å²) in [5, 5.41) is 6.83. The molecule has 7 rings (SSSR count). The number of benzene rings is 3. The molecule has 31 heavy (non-hydrogen) atoms. The van der Waals surface area contributed by atoms with Crippen molar-refractivity contribution in [3.8, 4) is 0 Å². The molecule has 0 spiro atoms. The lowest BCUT2D eigenvalue weighted by Gasteiger charge is -2.15. The third-order valence-electron chi connectivity index (χ3n) is 6.46. The van der Waals surface area contributed by atoms with Crippen LogP contribution in [-0.2, 0) is 0 Å². The maximum absolute atomic E-state index is 6.36. The fraction of sp³-hybridized carbons (Fsp3) is 0.107. The van der Waals surface area contributed by atoms with Crippen LogP contribution >= 0.6 is 0 Å². The smallest absolute Gasteiger partial charge is 0.143 e. The molecular weight excluding hydrogens is 382 g/mol. The Kier molecular flexibility index (Phi) is 3.31. The van der Waals surface area contributed by atoms with Crippen molar-refractivity contribution >= 4 is 55.3 Å². The largest absolute Gasteiger partial charge is 0.456 e. The van der Waals surface area contributed by atoms with E-state index >= 15 is 0 Å². The van der Waals surface area contributed by atoms with E-state index in [1.165, 1.54) is 16.2 Å². The normalized spacial score (nSPS) is 16.3. The lowest BCUT2D eigenvalue weighted by molar-refractivity contribution is 0.562. The summed E-state index contributed by atoms with van der Waals surface area (Å²) in [6.45, 7) is 2.26. The van der Waals surface area contributed by atoms with Crippen molar-refractivity contribution in [2.75, 3.05) is 0 Å². The Morgan fingerprint density at radius 1 is 0.742 bits per heavy atom. The van der Waals surface area contributed by atoms with Crippen LogP contribution in [0.15, 0.2) is 81.8 Å². The van der Waals surface area contributed by atoms with Crippen LogP contribution in [0.4, 0.5) is 0 Å². The number of fused-ring (bicyclic) bond motifs is 8. The predicted molar refractivity (Wildman–Crippen MR) is 125 cm³/mol. The fourth-order valence-corrected chi connectivity index (χ4v) is 5.10. The number of hydrogen-bond donors (Lipinski definition) is 0. The second-order valence-electron chi connectivity index (χ2n) is 8.46. The van der Waals surface area contributed by atoms with Crippen molar-refractivity contribution in [1.29, 1.82) is 0 Å². The third-order valence-corrected chi connectivity index (χ3v) is 6.46. The highest BCUT2D eigenvalue weighted by Gasteiger charge is 2.21. The predicted octanol–water partition coefficient (Wildman–Crippen LogP) is 5.90. The topological polar surface area (TPSA) is 39.2 Å². The summed E-state index contributed by atoms with van der Waals surface area (Å²) in [5.41, 5.74) is 5.86. The molecule has 1 atom stereocenters. The van der Waals surface area contributed by atoms with E-state index in [9.17, 15) is 0 Å². The molecule has 6 aromatic rings. The zero-order chi connectivity index (χ0) is 20.5. The van der Waals surface area contributed by atoms with E-state index in [4.69, 9.17) is 13.8 Å². The average molecular weight is 401 g/mol. The quantitative estimate of drug-likeness (QED) is 0.344. The summed E-state index contributed by atoms with van der Waals surface area (Å²) in [6.07, 6.45) is 5.12. The van der Waals surface area contributed by atoms with Gasteiger partial charge in [0.2, 0.25) is 0 Å². The van der Waals surface area contributed by atoms with Gasteiger partial charge in [0.05, 0.1) is 5.69 Å². The van der Waals surface area contributed by atoms with E-state index in [-0.39, 0.29) is 0 Å². The van der Waals surface area contributed by atoms with Gasteiger partial charge < -0.3 is 8.83 Å². The Bertz CT molecular complexity index is 1790. The van der Waals surface area contributed by atoms with Gasteiger partial charge >= 0.3 is 0 Å². The summed E-state index contributed by atoms with van der Waals surface area (Å²) < 4.78 is 12.6. The Labute approximate surface area is 177 Å². The molecule has 0 saturated heterocycles. The molecule has 0 saturated carbocycles. The second-order valence-corrected chi connectivity index (χ2v) is 8.46. The van der Waals surface area contributed by atoms with Gasteiger partial charge in [-0.25, -0.2) is 0 Å². The molecule has 3 heteroatoms. The third kappa shape index (κ3) is 2.32. The molecule has 0 bridgehead atoms. The zero-order valence-electron chi connectivity index (χ0n) is 17.1.